The van der Waals surface area contributed by atoms with Crippen molar-refractivity contribution in [3.63, 3.8) is 0 Å². The summed E-state index contributed by atoms with van der Waals surface area (Å²) in [6.45, 7) is 5.43. The van der Waals surface area contributed by atoms with Gasteiger partial charge >= 0.3 is 20.1 Å². The number of pyridine rings is 1. The van der Waals surface area contributed by atoms with E-state index in [1.807, 2.05) is 60.8 Å². The van der Waals surface area contributed by atoms with Crippen LogP contribution in [-0.4, -0.2) is 39.4 Å². The van der Waals surface area contributed by atoms with E-state index in [-0.39, 0.29) is 32.3 Å². The molecule has 0 amide bonds. The van der Waals surface area contributed by atoms with E-state index in [9.17, 15) is 0 Å². The Morgan fingerprint density at radius 3 is 2.10 bits per heavy atom. The number of hydrogen-bond acceptors (Lipinski definition) is 5. The van der Waals surface area contributed by atoms with Crippen LogP contribution in [0.5, 0.6) is 0 Å². The Hall–Kier alpha value is -3.80. The Labute approximate surface area is 300 Å². The number of aromatic nitrogens is 1. The zero-order chi connectivity index (χ0) is 33.0. The maximum atomic E-state index is 8.56. The number of aliphatic hydroxyl groups is 2. The third-order valence-electron chi connectivity index (χ3n) is 8.44. The van der Waals surface area contributed by atoms with Crippen molar-refractivity contribution in [1.82, 2.24) is 9.88 Å². The summed E-state index contributed by atoms with van der Waals surface area (Å²) < 4.78 is 0. The standard InChI is InChI=1S/C22H24N2.C15H10N.C5H12O2.Ir/c1-23-16-22(24(17-23)21-10-6-3-7-11-21)20-14-12-19(13-15-20)18-8-4-2-5-9-18;1-2-7-13(8-3-1)15-14-9-5-4-6-12(14)10-11-16-15;1-4(6)3-5(2)7;/h3,6-7,10,12-18H,2,4-5,8-9H2,1H3;1-7,9-11H;4-7H,3H2,1-2H3;/q-2;-1;;+3. The number of hydrogen-bond donors (Lipinski definition) is 2. The summed E-state index contributed by atoms with van der Waals surface area (Å²) in [5.41, 5.74) is 7.08. The normalized spacial score (nSPS) is 15.6. The first-order chi connectivity index (χ1) is 22.9. The predicted molar refractivity (Wildman–Crippen MR) is 194 cm³/mol. The van der Waals surface area contributed by atoms with Gasteiger partial charge < -0.3 is 25.0 Å². The van der Waals surface area contributed by atoms with Crippen molar-refractivity contribution in [3.05, 3.63) is 145 Å². The van der Waals surface area contributed by atoms with Crippen molar-refractivity contribution in [2.75, 3.05) is 11.9 Å². The molecule has 5 aromatic rings. The molecule has 7 rings (SSSR count). The summed E-state index contributed by atoms with van der Waals surface area (Å²) in [5, 5.41) is 19.5. The average Bonchev–Trinajstić information content (AvgIpc) is 3.51. The molecule has 1 saturated carbocycles. The molecule has 0 bridgehead atoms. The van der Waals surface area contributed by atoms with Crippen LogP contribution in [0.25, 0.3) is 27.7 Å². The average molecular weight is 817 g/mol. The number of benzene rings is 4. The topological polar surface area (TPSA) is 59.8 Å². The van der Waals surface area contributed by atoms with Gasteiger partial charge in [0.2, 0.25) is 0 Å². The van der Waals surface area contributed by atoms with Gasteiger partial charge in [-0.05, 0) is 85.9 Å². The number of anilines is 1. The molecule has 0 spiro atoms. The molecule has 2 atom stereocenters. The molecule has 250 valence electrons. The Morgan fingerprint density at radius 2 is 1.48 bits per heavy atom. The SMILES string of the molecule is CC(O)CC(C)O.CN1C=C(c2ccc(C3CCCCC3)cc2)N(c2[c-]cccc2)[CH-]1.[Ir+3].[c-]1ccccc1-c1nccc2ccccc12. The van der Waals surface area contributed by atoms with E-state index in [2.05, 4.69) is 95.4 Å². The van der Waals surface area contributed by atoms with Crippen molar-refractivity contribution in [2.45, 2.75) is 70.5 Å². The van der Waals surface area contributed by atoms with Crippen LogP contribution in [0.2, 0.25) is 0 Å². The van der Waals surface area contributed by atoms with E-state index in [1.165, 1.54) is 59.7 Å². The van der Waals surface area contributed by atoms with Gasteiger partial charge in [0.15, 0.2) is 0 Å². The van der Waals surface area contributed by atoms with E-state index in [0.29, 0.717) is 6.42 Å². The minimum atomic E-state index is -0.375. The van der Waals surface area contributed by atoms with Gasteiger partial charge in [0.05, 0.1) is 12.2 Å². The predicted octanol–water partition coefficient (Wildman–Crippen LogP) is 9.24. The van der Waals surface area contributed by atoms with Crippen molar-refractivity contribution in [3.8, 4) is 11.3 Å². The van der Waals surface area contributed by atoms with Crippen molar-refractivity contribution in [1.29, 1.82) is 0 Å². The molecule has 0 saturated heterocycles. The molecule has 1 aliphatic heterocycles. The van der Waals surface area contributed by atoms with Crippen LogP contribution in [0.15, 0.2) is 116 Å². The Balaban J connectivity index is 0.000000187. The largest absolute Gasteiger partial charge is 3.00 e. The second kappa shape index (κ2) is 18.7. The van der Waals surface area contributed by atoms with Crippen LogP contribution < -0.4 is 4.90 Å². The minimum absolute atomic E-state index is 0. The maximum Gasteiger partial charge on any atom is 3.00 e. The maximum absolute atomic E-state index is 8.56. The molecule has 4 aromatic carbocycles. The Bertz CT molecular complexity index is 1670. The molecule has 2 N–H and O–H groups in total. The van der Waals surface area contributed by atoms with Crippen LogP contribution in [0.3, 0.4) is 0 Å². The fraction of sp³-hybridized carbons (Fsp3) is 0.286. The summed E-state index contributed by atoms with van der Waals surface area (Å²) in [7, 11) is 2.07. The van der Waals surface area contributed by atoms with E-state index in [0.717, 1.165) is 22.9 Å². The van der Waals surface area contributed by atoms with E-state index >= 15 is 0 Å². The van der Waals surface area contributed by atoms with E-state index < -0.39 is 0 Å². The Morgan fingerprint density at radius 1 is 0.812 bits per heavy atom. The van der Waals surface area contributed by atoms with Crippen LogP contribution in [-0.2, 0) is 20.1 Å². The number of nitrogens with zero attached hydrogens (tertiary/aromatic N) is 3. The first-order valence-corrected chi connectivity index (χ1v) is 16.7. The van der Waals surface area contributed by atoms with Gasteiger partial charge in [0.1, 0.15) is 0 Å². The summed E-state index contributed by atoms with van der Waals surface area (Å²) >= 11 is 0. The number of rotatable bonds is 6. The number of fused-ring (bicyclic) bond motifs is 1. The van der Waals surface area contributed by atoms with Gasteiger partial charge in [-0.25, -0.2) is 0 Å². The zero-order valence-corrected chi connectivity index (χ0v) is 30.5. The molecule has 1 aromatic heterocycles. The summed E-state index contributed by atoms with van der Waals surface area (Å²) in [6.07, 6.45) is 10.6. The molecular weight excluding hydrogens is 771 g/mol. The Kier molecular flexibility index (Phi) is 14.4. The third-order valence-corrected chi connectivity index (χ3v) is 8.44. The van der Waals surface area contributed by atoms with E-state index in [4.69, 9.17) is 10.2 Å². The minimum Gasteiger partial charge on any atom is -0.510 e. The molecular formula is C42H46IrN3O2. The van der Waals surface area contributed by atoms with Gasteiger partial charge in [-0.15, -0.1) is 41.6 Å². The van der Waals surface area contributed by atoms with Crippen LogP contribution in [0.1, 0.15) is 69.4 Å². The summed E-state index contributed by atoms with van der Waals surface area (Å²) in [6, 6.07) is 42.1. The molecule has 2 heterocycles. The third kappa shape index (κ3) is 10.3. The van der Waals surface area contributed by atoms with Gasteiger partial charge in [-0.2, -0.15) is 37.0 Å². The quantitative estimate of drug-likeness (QED) is 0.168. The van der Waals surface area contributed by atoms with Gasteiger partial charge in [0.25, 0.3) is 0 Å². The monoisotopic (exact) mass is 817 g/mol. The second-order valence-electron chi connectivity index (χ2n) is 12.5. The molecule has 5 nitrogen and oxygen atoms in total. The molecule has 0 radical (unpaired) electrons. The molecule has 48 heavy (non-hydrogen) atoms. The summed E-state index contributed by atoms with van der Waals surface area (Å²) in [5.74, 6) is 0.762. The fourth-order valence-corrected chi connectivity index (χ4v) is 6.20. The zero-order valence-electron chi connectivity index (χ0n) is 28.1. The molecule has 2 unspecified atom stereocenters. The fourth-order valence-electron chi connectivity index (χ4n) is 6.20. The molecule has 1 fully saturated rings. The summed E-state index contributed by atoms with van der Waals surface area (Å²) in [4.78, 5) is 8.75. The van der Waals surface area contributed by atoms with Gasteiger partial charge in [-0.3, -0.25) is 0 Å². The number of aliphatic hydroxyl groups excluding tert-OH is 2. The van der Waals surface area contributed by atoms with Crippen molar-refractivity contribution >= 4 is 22.2 Å². The first-order valence-electron chi connectivity index (χ1n) is 16.7. The van der Waals surface area contributed by atoms with Crippen LogP contribution in [0.4, 0.5) is 5.69 Å². The second-order valence-corrected chi connectivity index (χ2v) is 12.5. The van der Waals surface area contributed by atoms with Gasteiger partial charge in [0, 0.05) is 11.9 Å². The van der Waals surface area contributed by atoms with Crippen molar-refractivity contribution < 1.29 is 30.3 Å². The first kappa shape index (κ1) is 37.0. The number of para-hydroxylation sites is 1. The van der Waals surface area contributed by atoms with Gasteiger partial charge in [-0.1, -0.05) is 67.8 Å². The van der Waals surface area contributed by atoms with Crippen LogP contribution in [0, 0.1) is 18.8 Å². The molecule has 6 heteroatoms. The smallest absolute Gasteiger partial charge is 0.510 e. The molecule has 2 aliphatic rings. The molecule has 1 aliphatic carbocycles. The van der Waals surface area contributed by atoms with Crippen molar-refractivity contribution in [2.24, 2.45) is 0 Å². The van der Waals surface area contributed by atoms with E-state index in [1.54, 1.807) is 13.8 Å². The van der Waals surface area contributed by atoms with Crippen LogP contribution >= 0.6 is 0 Å².